The number of hydrogen-bond donors (Lipinski definition) is 0. The Morgan fingerprint density at radius 3 is 2.69 bits per heavy atom. The zero-order chi connectivity index (χ0) is 9.84. The van der Waals surface area contributed by atoms with Gasteiger partial charge < -0.3 is 4.74 Å². The molecule has 0 aromatic carbocycles. The second-order valence-electron chi connectivity index (χ2n) is 3.51. The average Bonchev–Trinajstić information content (AvgIpc) is 2.41. The van der Waals surface area contributed by atoms with E-state index in [0.717, 1.165) is 0 Å². The first-order valence-electron chi connectivity index (χ1n) is 4.55. The molecule has 0 spiro atoms. The Morgan fingerprint density at radius 1 is 1.54 bits per heavy atom. The van der Waals surface area contributed by atoms with E-state index in [1.807, 2.05) is 17.8 Å². The lowest BCUT2D eigenvalue weighted by Crippen LogP contribution is -2.05. The van der Waals surface area contributed by atoms with E-state index in [1.54, 1.807) is 0 Å². The van der Waals surface area contributed by atoms with Gasteiger partial charge in [-0.1, -0.05) is 19.9 Å². The van der Waals surface area contributed by atoms with Crippen LogP contribution < -0.4 is 0 Å². The first kappa shape index (κ1) is 10.6. The predicted molar refractivity (Wildman–Crippen MR) is 55.8 cm³/mol. The van der Waals surface area contributed by atoms with Crippen molar-refractivity contribution in [3.63, 3.8) is 0 Å². The van der Waals surface area contributed by atoms with Crippen molar-refractivity contribution >= 4 is 17.7 Å². The second-order valence-corrected chi connectivity index (χ2v) is 5.13. The monoisotopic (exact) mass is 200 g/mol. The van der Waals surface area contributed by atoms with Crippen LogP contribution >= 0.6 is 11.8 Å². The van der Waals surface area contributed by atoms with Crippen LogP contribution in [0.4, 0.5) is 0 Å². The Kier molecular flexibility index (Phi) is 3.85. The molecule has 13 heavy (non-hydrogen) atoms. The quantitative estimate of drug-likeness (QED) is 0.505. The SMILES string of the molecule is COC(=O)/C=C/C1SC(C)CC1C. The Bertz CT molecular complexity index is 213. The van der Waals surface area contributed by atoms with Gasteiger partial charge in [0.15, 0.2) is 0 Å². The van der Waals surface area contributed by atoms with Gasteiger partial charge >= 0.3 is 5.97 Å². The Morgan fingerprint density at radius 2 is 2.23 bits per heavy atom. The molecule has 0 aromatic rings. The van der Waals surface area contributed by atoms with E-state index in [2.05, 4.69) is 18.6 Å². The third-order valence-electron chi connectivity index (χ3n) is 2.28. The van der Waals surface area contributed by atoms with E-state index in [0.29, 0.717) is 16.4 Å². The fourth-order valence-electron chi connectivity index (χ4n) is 1.59. The lowest BCUT2D eigenvalue weighted by Gasteiger charge is -2.07. The van der Waals surface area contributed by atoms with Crippen LogP contribution in [0.5, 0.6) is 0 Å². The minimum Gasteiger partial charge on any atom is -0.466 e. The van der Waals surface area contributed by atoms with Gasteiger partial charge in [-0.3, -0.25) is 0 Å². The first-order valence-corrected chi connectivity index (χ1v) is 5.49. The maximum Gasteiger partial charge on any atom is 0.330 e. The highest BCUT2D eigenvalue weighted by molar-refractivity contribution is 8.00. The fraction of sp³-hybridized carbons (Fsp3) is 0.700. The van der Waals surface area contributed by atoms with E-state index in [-0.39, 0.29) is 5.97 Å². The van der Waals surface area contributed by atoms with Gasteiger partial charge in [-0.15, -0.1) is 0 Å². The van der Waals surface area contributed by atoms with Crippen molar-refractivity contribution in [2.24, 2.45) is 5.92 Å². The molecule has 0 saturated carbocycles. The number of thioether (sulfide) groups is 1. The standard InChI is InChI=1S/C10H16O2S/c1-7-6-8(2)13-9(7)4-5-10(11)12-3/h4-5,7-9H,6H2,1-3H3/b5-4+. The lowest BCUT2D eigenvalue weighted by atomic mass is 10.0. The van der Waals surface area contributed by atoms with E-state index in [1.165, 1.54) is 19.6 Å². The maximum atomic E-state index is 10.8. The molecule has 74 valence electrons. The van der Waals surface area contributed by atoms with Gasteiger partial charge in [0.25, 0.3) is 0 Å². The fourth-order valence-corrected chi connectivity index (χ4v) is 3.09. The van der Waals surface area contributed by atoms with Crippen molar-refractivity contribution in [1.82, 2.24) is 0 Å². The Hall–Kier alpha value is -0.440. The van der Waals surface area contributed by atoms with Crippen LogP contribution in [-0.4, -0.2) is 23.6 Å². The number of esters is 1. The van der Waals surface area contributed by atoms with E-state index in [9.17, 15) is 4.79 Å². The van der Waals surface area contributed by atoms with Crippen LogP contribution in [0.3, 0.4) is 0 Å². The Labute approximate surface area is 83.7 Å². The second kappa shape index (κ2) is 4.70. The molecule has 0 radical (unpaired) electrons. The number of methoxy groups -OCH3 is 1. The predicted octanol–water partition coefficient (Wildman–Crippen LogP) is 2.25. The summed E-state index contributed by atoms with van der Waals surface area (Å²) in [6, 6.07) is 0. The van der Waals surface area contributed by atoms with E-state index in [4.69, 9.17) is 0 Å². The number of hydrogen-bond acceptors (Lipinski definition) is 3. The van der Waals surface area contributed by atoms with Crippen LogP contribution in [0.25, 0.3) is 0 Å². The van der Waals surface area contributed by atoms with Crippen molar-refractivity contribution in [3.05, 3.63) is 12.2 Å². The zero-order valence-electron chi connectivity index (χ0n) is 8.32. The summed E-state index contributed by atoms with van der Waals surface area (Å²) < 4.78 is 4.54. The van der Waals surface area contributed by atoms with Crippen molar-refractivity contribution in [3.8, 4) is 0 Å². The highest BCUT2D eigenvalue weighted by Crippen LogP contribution is 2.38. The molecule has 0 amide bonds. The van der Waals surface area contributed by atoms with Crippen LogP contribution in [0, 0.1) is 5.92 Å². The highest BCUT2D eigenvalue weighted by Gasteiger charge is 2.27. The first-order chi connectivity index (χ1) is 6.13. The van der Waals surface area contributed by atoms with Crippen molar-refractivity contribution in [2.75, 3.05) is 7.11 Å². The topological polar surface area (TPSA) is 26.3 Å². The minimum absolute atomic E-state index is 0.257. The van der Waals surface area contributed by atoms with Crippen molar-refractivity contribution < 1.29 is 9.53 Å². The number of carbonyl (C=O) groups excluding carboxylic acids is 1. The zero-order valence-corrected chi connectivity index (χ0v) is 9.14. The molecule has 1 rings (SSSR count). The molecule has 1 aliphatic heterocycles. The summed E-state index contributed by atoms with van der Waals surface area (Å²) in [5, 5.41) is 1.19. The largest absolute Gasteiger partial charge is 0.466 e. The van der Waals surface area contributed by atoms with Crippen molar-refractivity contribution in [2.45, 2.75) is 30.8 Å². The van der Waals surface area contributed by atoms with E-state index < -0.39 is 0 Å². The van der Waals surface area contributed by atoms with Gasteiger partial charge in [-0.05, 0) is 12.3 Å². The molecule has 0 N–H and O–H groups in total. The Balaban J connectivity index is 2.45. The summed E-state index contributed by atoms with van der Waals surface area (Å²) in [4.78, 5) is 10.8. The van der Waals surface area contributed by atoms with Gasteiger partial charge in [-0.2, -0.15) is 11.8 Å². The highest BCUT2D eigenvalue weighted by atomic mass is 32.2. The summed E-state index contributed by atoms with van der Waals surface area (Å²) in [6.07, 6.45) is 4.73. The van der Waals surface area contributed by atoms with Gasteiger partial charge in [0.1, 0.15) is 0 Å². The summed E-state index contributed by atoms with van der Waals surface area (Å²) in [5.74, 6) is 0.410. The number of carbonyl (C=O) groups is 1. The third kappa shape index (κ3) is 3.07. The summed E-state index contributed by atoms with van der Waals surface area (Å²) in [6.45, 7) is 4.45. The van der Waals surface area contributed by atoms with Crippen LogP contribution in [0.15, 0.2) is 12.2 Å². The molecule has 1 fully saturated rings. The molecular weight excluding hydrogens is 184 g/mol. The normalized spacial score (nSPS) is 33.9. The molecule has 2 nitrogen and oxygen atoms in total. The van der Waals surface area contributed by atoms with Gasteiger partial charge in [0, 0.05) is 16.6 Å². The molecule has 0 bridgehead atoms. The van der Waals surface area contributed by atoms with Gasteiger partial charge in [0.2, 0.25) is 0 Å². The molecule has 1 saturated heterocycles. The van der Waals surface area contributed by atoms with E-state index >= 15 is 0 Å². The molecule has 3 unspecified atom stereocenters. The average molecular weight is 200 g/mol. The van der Waals surface area contributed by atoms with Crippen LogP contribution in [0.1, 0.15) is 20.3 Å². The lowest BCUT2D eigenvalue weighted by molar-refractivity contribution is -0.134. The van der Waals surface area contributed by atoms with Crippen LogP contribution in [0.2, 0.25) is 0 Å². The summed E-state index contributed by atoms with van der Waals surface area (Å²) in [7, 11) is 1.40. The van der Waals surface area contributed by atoms with Crippen molar-refractivity contribution in [1.29, 1.82) is 0 Å². The number of rotatable bonds is 2. The van der Waals surface area contributed by atoms with Gasteiger partial charge in [0.05, 0.1) is 7.11 Å². The summed E-state index contributed by atoms with van der Waals surface area (Å²) in [5.41, 5.74) is 0. The van der Waals surface area contributed by atoms with Gasteiger partial charge in [-0.25, -0.2) is 4.79 Å². The molecule has 3 atom stereocenters. The maximum absolute atomic E-state index is 10.8. The molecule has 0 aliphatic carbocycles. The summed E-state index contributed by atoms with van der Waals surface area (Å²) >= 11 is 1.93. The minimum atomic E-state index is -0.257. The van der Waals surface area contributed by atoms with Crippen LogP contribution in [-0.2, 0) is 9.53 Å². The number of ether oxygens (including phenoxy) is 1. The molecular formula is C10H16O2S. The third-order valence-corrected chi connectivity index (χ3v) is 3.87. The molecule has 3 heteroatoms. The molecule has 1 aliphatic rings. The molecule has 1 heterocycles. The smallest absolute Gasteiger partial charge is 0.330 e. The molecule has 0 aromatic heterocycles.